The monoisotopic (exact) mass is 175 g/mol. The topological polar surface area (TPSA) is 12.0 Å². The molecular formula is C9H21NS. The molecule has 1 unspecified atom stereocenters. The fourth-order valence-electron chi connectivity index (χ4n) is 1.13. The number of nitrogens with one attached hydrogen (secondary N) is 1. The summed E-state index contributed by atoms with van der Waals surface area (Å²) in [5.41, 5.74) is 0. The Morgan fingerprint density at radius 2 is 2.09 bits per heavy atom. The maximum absolute atomic E-state index is 3.32. The molecule has 0 amide bonds. The van der Waals surface area contributed by atoms with E-state index in [2.05, 4.69) is 26.2 Å². The molecule has 1 N–H and O–H groups in total. The molecule has 0 saturated carbocycles. The predicted molar refractivity (Wildman–Crippen MR) is 55.4 cm³/mol. The van der Waals surface area contributed by atoms with E-state index in [1.165, 1.54) is 30.8 Å². The summed E-state index contributed by atoms with van der Waals surface area (Å²) in [6.45, 7) is 4.47. The van der Waals surface area contributed by atoms with Crippen LogP contribution < -0.4 is 5.32 Å². The van der Waals surface area contributed by atoms with Gasteiger partial charge in [0.05, 0.1) is 0 Å². The molecule has 11 heavy (non-hydrogen) atoms. The van der Waals surface area contributed by atoms with Gasteiger partial charge in [0.2, 0.25) is 0 Å². The minimum Gasteiger partial charge on any atom is -0.317 e. The van der Waals surface area contributed by atoms with Crippen LogP contribution in [0.5, 0.6) is 0 Å². The Morgan fingerprint density at radius 1 is 1.36 bits per heavy atom. The van der Waals surface area contributed by atoms with Gasteiger partial charge in [-0.15, -0.1) is 0 Å². The first kappa shape index (κ1) is 11.3. The van der Waals surface area contributed by atoms with Crippen molar-refractivity contribution in [3.8, 4) is 0 Å². The summed E-state index contributed by atoms with van der Waals surface area (Å²) < 4.78 is 0. The van der Waals surface area contributed by atoms with Crippen LogP contribution in [0.15, 0.2) is 0 Å². The van der Waals surface area contributed by atoms with Crippen LogP contribution in [0.2, 0.25) is 0 Å². The van der Waals surface area contributed by atoms with Crippen LogP contribution in [-0.4, -0.2) is 24.6 Å². The van der Waals surface area contributed by atoms with Gasteiger partial charge in [0.25, 0.3) is 0 Å². The lowest BCUT2D eigenvalue weighted by molar-refractivity contribution is 0.504. The summed E-state index contributed by atoms with van der Waals surface area (Å²) in [5.74, 6) is 2.59. The maximum Gasteiger partial charge on any atom is 0.00617 e. The molecule has 1 atom stereocenters. The summed E-state index contributed by atoms with van der Waals surface area (Å²) in [5, 5.41) is 3.32. The number of rotatable bonds is 7. The molecule has 0 aliphatic carbocycles. The lowest BCUT2D eigenvalue weighted by Crippen LogP contribution is -2.23. The normalized spacial score (nSPS) is 13.4. The predicted octanol–water partition coefficient (Wildman–Crippen LogP) is 2.52. The first-order valence-corrected chi connectivity index (χ1v) is 5.75. The molecule has 0 spiro atoms. The van der Waals surface area contributed by atoms with Gasteiger partial charge < -0.3 is 5.32 Å². The SMILES string of the molecule is CCSCCCC(CC)NC. The average molecular weight is 175 g/mol. The van der Waals surface area contributed by atoms with Gasteiger partial charge in [-0.1, -0.05) is 13.8 Å². The van der Waals surface area contributed by atoms with Crippen molar-refractivity contribution in [2.45, 2.75) is 39.2 Å². The molecule has 0 rings (SSSR count). The van der Waals surface area contributed by atoms with Crippen molar-refractivity contribution in [2.24, 2.45) is 0 Å². The molecule has 2 heteroatoms. The highest BCUT2D eigenvalue weighted by Gasteiger charge is 2.00. The van der Waals surface area contributed by atoms with E-state index in [1.807, 2.05) is 11.8 Å². The molecule has 0 saturated heterocycles. The van der Waals surface area contributed by atoms with Crippen molar-refractivity contribution in [3.63, 3.8) is 0 Å². The summed E-state index contributed by atoms with van der Waals surface area (Å²) in [6.07, 6.45) is 3.95. The Balaban J connectivity index is 3.07. The number of thioether (sulfide) groups is 1. The molecule has 0 aromatic heterocycles. The van der Waals surface area contributed by atoms with E-state index in [0.29, 0.717) is 0 Å². The zero-order chi connectivity index (χ0) is 8.53. The van der Waals surface area contributed by atoms with Crippen molar-refractivity contribution < 1.29 is 0 Å². The minimum absolute atomic E-state index is 0.743. The Bertz CT molecular complexity index is 72.0. The third-order valence-corrected chi connectivity index (χ3v) is 2.93. The molecule has 0 fully saturated rings. The maximum atomic E-state index is 3.32. The highest BCUT2D eigenvalue weighted by atomic mass is 32.2. The van der Waals surface area contributed by atoms with Gasteiger partial charge in [0.15, 0.2) is 0 Å². The second-order valence-corrected chi connectivity index (χ2v) is 4.13. The van der Waals surface area contributed by atoms with Crippen LogP contribution >= 0.6 is 11.8 Å². The van der Waals surface area contributed by atoms with Gasteiger partial charge in [-0.3, -0.25) is 0 Å². The Kier molecular flexibility index (Phi) is 8.64. The second kappa shape index (κ2) is 8.41. The molecule has 0 heterocycles. The largest absolute Gasteiger partial charge is 0.317 e. The molecule has 0 aliphatic rings. The molecule has 0 aromatic carbocycles. The van der Waals surface area contributed by atoms with Gasteiger partial charge in [-0.2, -0.15) is 11.8 Å². The first-order chi connectivity index (χ1) is 5.35. The van der Waals surface area contributed by atoms with Crippen LogP contribution in [0.1, 0.15) is 33.1 Å². The van der Waals surface area contributed by atoms with Gasteiger partial charge >= 0.3 is 0 Å². The van der Waals surface area contributed by atoms with E-state index in [9.17, 15) is 0 Å². The molecule has 0 radical (unpaired) electrons. The smallest absolute Gasteiger partial charge is 0.00617 e. The number of hydrogen-bond donors (Lipinski definition) is 1. The van der Waals surface area contributed by atoms with Crippen molar-refractivity contribution in [1.29, 1.82) is 0 Å². The fraction of sp³-hybridized carbons (Fsp3) is 1.00. The zero-order valence-electron chi connectivity index (χ0n) is 8.02. The van der Waals surface area contributed by atoms with Crippen molar-refractivity contribution in [2.75, 3.05) is 18.6 Å². The summed E-state index contributed by atoms with van der Waals surface area (Å²) >= 11 is 2.04. The van der Waals surface area contributed by atoms with Gasteiger partial charge in [-0.05, 0) is 37.8 Å². The Hall–Kier alpha value is 0.310. The van der Waals surface area contributed by atoms with E-state index in [-0.39, 0.29) is 0 Å². The lowest BCUT2D eigenvalue weighted by atomic mass is 10.1. The van der Waals surface area contributed by atoms with Gasteiger partial charge in [0, 0.05) is 6.04 Å². The molecular weight excluding hydrogens is 154 g/mol. The zero-order valence-corrected chi connectivity index (χ0v) is 8.84. The standard InChI is InChI=1S/C9H21NS/c1-4-9(10-3)7-6-8-11-5-2/h9-10H,4-8H2,1-3H3. The highest BCUT2D eigenvalue weighted by Crippen LogP contribution is 2.07. The molecule has 68 valence electrons. The van der Waals surface area contributed by atoms with Crippen LogP contribution in [0.25, 0.3) is 0 Å². The van der Waals surface area contributed by atoms with Crippen LogP contribution in [0.3, 0.4) is 0 Å². The van der Waals surface area contributed by atoms with Crippen molar-refractivity contribution in [3.05, 3.63) is 0 Å². The molecule has 0 aromatic rings. The highest BCUT2D eigenvalue weighted by molar-refractivity contribution is 7.99. The van der Waals surface area contributed by atoms with Gasteiger partial charge in [-0.25, -0.2) is 0 Å². The molecule has 1 nitrogen and oxygen atoms in total. The fourth-order valence-corrected chi connectivity index (χ4v) is 1.79. The molecule has 0 aliphatic heterocycles. The van der Waals surface area contributed by atoms with Crippen LogP contribution in [0, 0.1) is 0 Å². The van der Waals surface area contributed by atoms with E-state index in [1.54, 1.807) is 0 Å². The molecule has 0 bridgehead atoms. The number of hydrogen-bond acceptors (Lipinski definition) is 2. The summed E-state index contributed by atoms with van der Waals surface area (Å²) in [7, 11) is 2.06. The Morgan fingerprint density at radius 3 is 2.55 bits per heavy atom. The van der Waals surface area contributed by atoms with Crippen molar-refractivity contribution >= 4 is 11.8 Å². The summed E-state index contributed by atoms with van der Waals surface area (Å²) in [6, 6.07) is 0.743. The minimum atomic E-state index is 0.743. The average Bonchev–Trinajstić information content (AvgIpc) is 2.05. The summed E-state index contributed by atoms with van der Waals surface area (Å²) in [4.78, 5) is 0. The van der Waals surface area contributed by atoms with E-state index >= 15 is 0 Å². The van der Waals surface area contributed by atoms with E-state index in [0.717, 1.165) is 6.04 Å². The van der Waals surface area contributed by atoms with Gasteiger partial charge in [0.1, 0.15) is 0 Å². The third-order valence-electron chi connectivity index (χ3n) is 1.95. The van der Waals surface area contributed by atoms with Crippen LogP contribution in [-0.2, 0) is 0 Å². The van der Waals surface area contributed by atoms with E-state index < -0.39 is 0 Å². The van der Waals surface area contributed by atoms with Crippen molar-refractivity contribution in [1.82, 2.24) is 5.32 Å². The first-order valence-electron chi connectivity index (χ1n) is 4.60. The quantitative estimate of drug-likeness (QED) is 0.597. The second-order valence-electron chi connectivity index (χ2n) is 2.73. The Labute approximate surface area is 75.3 Å². The van der Waals surface area contributed by atoms with Crippen LogP contribution in [0.4, 0.5) is 0 Å². The third kappa shape index (κ3) is 6.70. The lowest BCUT2D eigenvalue weighted by Gasteiger charge is -2.12. The van der Waals surface area contributed by atoms with E-state index in [4.69, 9.17) is 0 Å².